The number of carboxylic acid groups (broad SMARTS) is 1. The lowest BCUT2D eigenvalue weighted by molar-refractivity contribution is -0.145. The van der Waals surface area contributed by atoms with Crippen LogP contribution in [-0.2, 0) is 10.2 Å². The molecular formula is C13H14BrFO2. The molecule has 0 amide bonds. The van der Waals surface area contributed by atoms with Crippen molar-refractivity contribution in [3.8, 4) is 0 Å². The van der Waals surface area contributed by atoms with E-state index in [1.165, 1.54) is 6.07 Å². The molecule has 0 spiro atoms. The van der Waals surface area contributed by atoms with E-state index in [-0.39, 0.29) is 0 Å². The number of hydrogen-bond acceptors (Lipinski definition) is 1. The van der Waals surface area contributed by atoms with Crippen LogP contribution in [0.1, 0.15) is 37.7 Å². The van der Waals surface area contributed by atoms with Crippen LogP contribution in [0.5, 0.6) is 0 Å². The molecule has 2 nitrogen and oxygen atoms in total. The lowest BCUT2D eigenvalue weighted by atomic mass is 9.69. The highest BCUT2D eigenvalue weighted by Gasteiger charge is 2.41. The average Bonchev–Trinajstić information content (AvgIpc) is 2.33. The van der Waals surface area contributed by atoms with Gasteiger partial charge in [-0.15, -0.1) is 0 Å². The minimum atomic E-state index is -0.889. The SMILES string of the molecule is O=C(O)C1(c2ccc(Br)c(F)c2)CCCCC1. The summed E-state index contributed by atoms with van der Waals surface area (Å²) < 4.78 is 13.9. The Balaban J connectivity index is 2.45. The van der Waals surface area contributed by atoms with Gasteiger partial charge in [0, 0.05) is 0 Å². The number of hydrogen-bond donors (Lipinski definition) is 1. The summed E-state index contributed by atoms with van der Waals surface area (Å²) in [6.45, 7) is 0. The molecule has 1 saturated carbocycles. The molecule has 0 heterocycles. The molecule has 1 aromatic rings. The topological polar surface area (TPSA) is 37.3 Å². The molecule has 0 atom stereocenters. The van der Waals surface area contributed by atoms with Crippen LogP contribution >= 0.6 is 15.9 Å². The lowest BCUT2D eigenvalue weighted by Gasteiger charge is -2.33. The molecule has 92 valence electrons. The molecule has 17 heavy (non-hydrogen) atoms. The molecule has 0 aliphatic heterocycles. The first-order valence-corrected chi connectivity index (χ1v) is 6.54. The van der Waals surface area contributed by atoms with Crippen molar-refractivity contribution in [2.75, 3.05) is 0 Å². The average molecular weight is 301 g/mol. The zero-order valence-electron chi connectivity index (χ0n) is 9.38. The van der Waals surface area contributed by atoms with E-state index in [1.54, 1.807) is 12.1 Å². The summed E-state index contributed by atoms with van der Waals surface area (Å²) in [6.07, 6.45) is 4.05. The van der Waals surface area contributed by atoms with E-state index >= 15 is 0 Å². The van der Waals surface area contributed by atoms with Crippen molar-refractivity contribution in [2.45, 2.75) is 37.5 Å². The summed E-state index contributed by atoms with van der Waals surface area (Å²) in [4.78, 5) is 11.5. The predicted octanol–water partition coefficient (Wildman–Crippen LogP) is 3.87. The van der Waals surface area contributed by atoms with Gasteiger partial charge < -0.3 is 5.11 Å². The first kappa shape index (κ1) is 12.6. The summed E-state index contributed by atoms with van der Waals surface area (Å²) in [5, 5.41) is 9.47. The lowest BCUT2D eigenvalue weighted by Crippen LogP contribution is -2.37. The molecule has 0 unspecified atom stereocenters. The van der Waals surface area contributed by atoms with Gasteiger partial charge in [-0.1, -0.05) is 25.3 Å². The van der Waals surface area contributed by atoms with E-state index in [0.29, 0.717) is 22.9 Å². The number of rotatable bonds is 2. The molecule has 1 N–H and O–H groups in total. The molecule has 1 fully saturated rings. The van der Waals surface area contributed by atoms with Crippen molar-refractivity contribution >= 4 is 21.9 Å². The normalized spacial score (nSPS) is 18.9. The zero-order valence-corrected chi connectivity index (χ0v) is 11.0. The van der Waals surface area contributed by atoms with Gasteiger partial charge in [0.15, 0.2) is 0 Å². The minimum absolute atomic E-state index is 0.373. The molecular weight excluding hydrogens is 287 g/mol. The van der Waals surface area contributed by atoms with Crippen LogP contribution in [0.15, 0.2) is 22.7 Å². The predicted molar refractivity (Wildman–Crippen MR) is 66.5 cm³/mol. The Kier molecular flexibility index (Phi) is 3.52. The van der Waals surface area contributed by atoms with Crippen molar-refractivity contribution in [1.82, 2.24) is 0 Å². The second kappa shape index (κ2) is 4.77. The smallest absolute Gasteiger partial charge is 0.314 e. The van der Waals surface area contributed by atoms with Crippen LogP contribution in [-0.4, -0.2) is 11.1 Å². The number of carboxylic acids is 1. The Hall–Kier alpha value is -0.900. The van der Waals surface area contributed by atoms with E-state index < -0.39 is 17.2 Å². The van der Waals surface area contributed by atoms with Crippen LogP contribution in [0, 0.1) is 5.82 Å². The van der Waals surface area contributed by atoms with E-state index in [4.69, 9.17) is 0 Å². The van der Waals surface area contributed by atoms with Crippen LogP contribution in [0.2, 0.25) is 0 Å². The van der Waals surface area contributed by atoms with Gasteiger partial charge in [0.25, 0.3) is 0 Å². The van der Waals surface area contributed by atoms with Crippen molar-refractivity contribution in [1.29, 1.82) is 0 Å². The Morgan fingerprint density at radius 1 is 1.29 bits per heavy atom. The van der Waals surface area contributed by atoms with Gasteiger partial charge in [-0.25, -0.2) is 4.39 Å². The molecule has 1 aliphatic rings. The van der Waals surface area contributed by atoms with Crippen LogP contribution in [0.3, 0.4) is 0 Å². The fourth-order valence-electron chi connectivity index (χ4n) is 2.58. The maximum atomic E-state index is 13.5. The van der Waals surface area contributed by atoms with Crippen LogP contribution in [0.4, 0.5) is 4.39 Å². The molecule has 1 aliphatic carbocycles. The Morgan fingerprint density at radius 2 is 1.94 bits per heavy atom. The van der Waals surface area contributed by atoms with Gasteiger partial charge in [-0.2, -0.15) is 0 Å². The molecule has 1 aromatic carbocycles. The first-order valence-electron chi connectivity index (χ1n) is 5.75. The van der Waals surface area contributed by atoms with Gasteiger partial charge in [-0.3, -0.25) is 4.79 Å². The summed E-state index contributed by atoms with van der Waals surface area (Å²) in [7, 11) is 0. The Morgan fingerprint density at radius 3 is 2.47 bits per heavy atom. The maximum Gasteiger partial charge on any atom is 0.314 e. The van der Waals surface area contributed by atoms with Crippen LogP contribution in [0.25, 0.3) is 0 Å². The molecule has 0 radical (unpaired) electrons. The highest BCUT2D eigenvalue weighted by molar-refractivity contribution is 9.10. The van der Waals surface area contributed by atoms with E-state index in [2.05, 4.69) is 15.9 Å². The monoisotopic (exact) mass is 300 g/mol. The fourth-order valence-corrected chi connectivity index (χ4v) is 2.82. The minimum Gasteiger partial charge on any atom is -0.481 e. The van der Waals surface area contributed by atoms with Crippen LogP contribution < -0.4 is 0 Å². The third-order valence-electron chi connectivity index (χ3n) is 3.59. The third kappa shape index (κ3) is 2.23. The second-order valence-corrected chi connectivity index (χ2v) is 5.43. The highest BCUT2D eigenvalue weighted by atomic mass is 79.9. The number of aliphatic carboxylic acids is 1. The second-order valence-electron chi connectivity index (χ2n) is 4.58. The molecule has 4 heteroatoms. The van der Waals surface area contributed by atoms with Gasteiger partial charge in [0.2, 0.25) is 0 Å². The van der Waals surface area contributed by atoms with E-state index in [9.17, 15) is 14.3 Å². The molecule has 0 bridgehead atoms. The van der Waals surface area contributed by atoms with Crippen molar-refractivity contribution in [2.24, 2.45) is 0 Å². The molecule has 0 saturated heterocycles. The van der Waals surface area contributed by atoms with E-state index in [0.717, 1.165) is 19.3 Å². The van der Waals surface area contributed by atoms with E-state index in [1.807, 2.05) is 0 Å². The highest BCUT2D eigenvalue weighted by Crippen LogP contribution is 2.40. The number of carbonyl (C=O) groups is 1. The fraction of sp³-hybridized carbons (Fsp3) is 0.462. The summed E-state index contributed by atoms with van der Waals surface area (Å²) in [5.41, 5.74) is -0.301. The number of halogens is 2. The molecule has 0 aromatic heterocycles. The summed E-state index contributed by atoms with van der Waals surface area (Å²) in [6, 6.07) is 4.65. The van der Waals surface area contributed by atoms with Crippen molar-refractivity contribution in [3.05, 3.63) is 34.1 Å². The summed E-state index contributed by atoms with van der Waals surface area (Å²) in [5.74, 6) is -1.23. The quantitative estimate of drug-likeness (QED) is 0.900. The Labute approximate surface area is 108 Å². The standard InChI is InChI=1S/C13H14BrFO2/c14-10-5-4-9(8-11(10)15)13(12(16)17)6-2-1-3-7-13/h4-5,8H,1-3,6-7H2,(H,16,17). The number of benzene rings is 1. The van der Waals surface area contributed by atoms with Gasteiger partial charge in [0.1, 0.15) is 5.82 Å². The van der Waals surface area contributed by atoms with Gasteiger partial charge in [-0.05, 0) is 46.5 Å². The summed E-state index contributed by atoms with van der Waals surface area (Å²) >= 11 is 3.09. The van der Waals surface area contributed by atoms with Gasteiger partial charge >= 0.3 is 5.97 Å². The third-order valence-corrected chi connectivity index (χ3v) is 4.23. The Bertz CT molecular complexity index is 439. The largest absolute Gasteiger partial charge is 0.481 e. The first-order chi connectivity index (χ1) is 8.06. The molecule has 2 rings (SSSR count). The maximum absolute atomic E-state index is 13.5. The van der Waals surface area contributed by atoms with Crippen molar-refractivity contribution < 1.29 is 14.3 Å². The van der Waals surface area contributed by atoms with Crippen molar-refractivity contribution in [3.63, 3.8) is 0 Å². The van der Waals surface area contributed by atoms with Gasteiger partial charge in [0.05, 0.1) is 9.89 Å². The zero-order chi connectivity index (χ0) is 12.5.